The first kappa shape index (κ1) is 78.5. The van der Waals surface area contributed by atoms with E-state index in [0.717, 1.165) is 54.2 Å². The van der Waals surface area contributed by atoms with Gasteiger partial charge in [0.15, 0.2) is 0 Å². The summed E-state index contributed by atoms with van der Waals surface area (Å²) >= 11 is 0. The van der Waals surface area contributed by atoms with E-state index in [0.29, 0.717) is 0 Å². The van der Waals surface area contributed by atoms with E-state index in [9.17, 15) is 0 Å². The van der Waals surface area contributed by atoms with Crippen molar-refractivity contribution in [1.29, 1.82) is 0 Å². The molecule has 0 aliphatic heterocycles. The average Bonchev–Trinajstić information content (AvgIpc) is 0.809. The van der Waals surface area contributed by atoms with E-state index in [4.69, 9.17) is 25.6 Å². The van der Waals surface area contributed by atoms with Crippen LogP contribution in [0.15, 0.2) is 109 Å². The van der Waals surface area contributed by atoms with E-state index >= 15 is 0 Å². The Morgan fingerprint density at radius 1 is 0.280 bits per heavy atom. The monoisotopic (exact) mass is 1410 g/mol. The van der Waals surface area contributed by atoms with Gasteiger partial charge in [0.1, 0.15) is 5.82 Å². The summed E-state index contributed by atoms with van der Waals surface area (Å²) in [5.74, 6) is 2.57. The zero-order chi connectivity index (χ0) is 66.6. The number of rotatable bonds is 12. The molecule has 6 nitrogen and oxygen atoms in total. The number of hydrogen-bond donors (Lipinski definition) is 1. The summed E-state index contributed by atoms with van der Waals surface area (Å²) in [4.78, 5) is 15.0. The summed E-state index contributed by atoms with van der Waals surface area (Å²) in [5, 5.41) is 13.4. The minimum atomic E-state index is 0. The van der Waals surface area contributed by atoms with Crippen LogP contribution in [0.2, 0.25) is 0 Å². The maximum atomic E-state index is 5.05. The Morgan fingerprint density at radius 3 is 0.720 bits per heavy atom. The van der Waals surface area contributed by atoms with Crippen LogP contribution in [0.1, 0.15) is 162 Å². The summed E-state index contributed by atoms with van der Waals surface area (Å²) in [6.07, 6.45) is 0. The Kier molecular flexibility index (Phi) is 27.0. The van der Waals surface area contributed by atoms with Gasteiger partial charge in [-0.25, -0.2) is 4.98 Å². The molecule has 3 heterocycles. The van der Waals surface area contributed by atoms with Crippen molar-refractivity contribution in [1.82, 2.24) is 15.0 Å². The Hall–Kier alpha value is -6.96. The molecule has 0 fully saturated rings. The summed E-state index contributed by atoms with van der Waals surface area (Å²) < 4.78 is 0. The summed E-state index contributed by atoms with van der Waals surface area (Å²) in [5.41, 5.74) is 37.8. The topological polar surface area (TPSA) is 78.9 Å². The average molecular weight is 1410 g/mol. The molecule has 0 unspecified atom stereocenters. The number of nitrogens with one attached hydrogen (secondary N) is 1. The molecule has 3 aromatic heterocycles. The third-order valence-corrected chi connectivity index (χ3v) is 16.4. The molecule has 0 radical (unpaired) electrons. The van der Waals surface area contributed by atoms with Gasteiger partial charge in [0.25, 0.3) is 0 Å². The van der Waals surface area contributed by atoms with Crippen molar-refractivity contribution in [2.45, 2.75) is 187 Å². The van der Waals surface area contributed by atoms with Gasteiger partial charge in [-0.1, -0.05) is 204 Å². The van der Waals surface area contributed by atoms with Crippen molar-refractivity contribution in [3.8, 4) is 67.2 Å². The molecule has 0 atom stereocenters. The molecular formula is C86H112HfN6. The zero-order valence-electron chi connectivity index (χ0n) is 62.7. The zero-order valence-corrected chi connectivity index (χ0v) is 66.3. The molecule has 6 aromatic carbocycles. The summed E-state index contributed by atoms with van der Waals surface area (Å²) in [6.45, 7) is 61.6. The van der Waals surface area contributed by atoms with Crippen LogP contribution in [0.25, 0.3) is 77.8 Å². The van der Waals surface area contributed by atoms with Crippen molar-refractivity contribution in [2.75, 3.05) is 25.0 Å². The molecule has 0 saturated heterocycles. The minimum Gasteiger partial charge on any atom is -0.465 e. The molecule has 0 bridgehead atoms. The van der Waals surface area contributed by atoms with Crippen LogP contribution in [0.4, 0.5) is 17.5 Å². The number of hydrogen-bond acceptors (Lipinski definition) is 4. The Balaban J connectivity index is 0.000000293. The van der Waals surface area contributed by atoms with E-state index in [1.54, 1.807) is 0 Å². The van der Waals surface area contributed by atoms with Crippen LogP contribution >= 0.6 is 0 Å². The van der Waals surface area contributed by atoms with Gasteiger partial charge in [-0.3, -0.25) is 0 Å². The van der Waals surface area contributed by atoms with Crippen LogP contribution in [0, 0.1) is 156 Å². The summed E-state index contributed by atoms with van der Waals surface area (Å²) in [7, 11) is 0. The second kappa shape index (κ2) is 32.0. The van der Waals surface area contributed by atoms with E-state index < -0.39 is 0 Å². The molecule has 0 aliphatic carbocycles. The van der Waals surface area contributed by atoms with Crippen LogP contribution in [0.3, 0.4) is 0 Å². The molecule has 0 spiro atoms. The smallest absolute Gasteiger partial charge is 0.465 e. The largest absolute Gasteiger partial charge is 4.00 e. The molecule has 1 N–H and O–H groups in total. The normalized spacial score (nSPS) is 11.3. The van der Waals surface area contributed by atoms with E-state index in [1.165, 1.54) is 150 Å². The third kappa shape index (κ3) is 21.0. The Bertz CT molecular complexity index is 3320. The van der Waals surface area contributed by atoms with Gasteiger partial charge in [-0.2, -0.15) is 0 Å². The fourth-order valence-electron chi connectivity index (χ4n) is 13.3. The number of aromatic nitrogens is 3. The second-order valence-corrected chi connectivity index (χ2v) is 30.1. The van der Waals surface area contributed by atoms with Gasteiger partial charge in [0.05, 0.1) is 5.69 Å². The van der Waals surface area contributed by atoms with Crippen LogP contribution in [0.5, 0.6) is 0 Å². The standard InChI is InChI=1S/C28H36N2.2C28H35N2.2CH3.Hf/c3*1-17-10-19(3)26(20(4)11-17)23-14-24(27-21(5)12-18(2)13-22(27)6)30-25(15-23)29-16-28(7,8)9;;;/h10-15H,16H2,1-9H3,(H,29,30);2*10-15H,16H2,1-9H3;2*1H3;/q;4*-1;+4. The predicted octanol–water partition coefficient (Wildman–Crippen LogP) is 25.3. The van der Waals surface area contributed by atoms with Gasteiger partial charge in [-0.15, -0.1) is 0 Å². The maximum Gasteiger partial charge on any atom is 4.00 e. The van der Waals surface area contributed by atoms with Gasteiger partial charge in [-0.05, 0) is 289 Å². The van der Waals surface area contributed by atoms with Crippen molar-refractivity contribution >= 4 is 17.5 Å². The van der Waals surface area contributed by atoms with Gasteiger partial charge in [0.2, 0.25) is 0 Å². The first-order chi connectivity index (χ1) is 41.8. The number of anilines is 1. The maximum absolute atomic E-state index is 5.05. The van der Waals surface area contributed by atoms with E-state index in [-0.39, 0.29) is 56.9 Å². The van der Waals surface area contributed by atoms with Crippen molar-refractivity contribution in [3.63, 3.8) is 0 Å². The molecule has 0 aliphatic rings. The molecule has 7 heteroatoms. The van der Waals surface area contributed by atoms with Crippen LogP contribution in [-0.4, -0.2) is 34.6 Å². The number of benzene rings is 6. The minimum absolute atomic E-state index is 0. The first-order valence-corrected chi connectivity index (χ1v) is 32.5. The van der Waals surface area contributed by atoms with Crippen molar-refractivity contribution in [3.05, 3.63) is 235 Å². The fourth-order valence-corrected chi connectivity index (χ4v) is 13.3. The molecular weight excluding hydrogens is 1300 g/mol. The number of aryl methyl sites for hydroxylation is 18. The van der Waals surface area contributed by atoms with Crippen LogP contribution < -0.4 is 5.32 Å². The van der Waals surface area contributed by atoms with Crippen molar-refractivity contribution < 1.29 is 25.8 Å². The number of nitrogens with zero attached hydrogens (tertiary/aromatic N) is 5. The quantitative estimate of drug-likeness (QED) is 0.0976. The Labute approximate surface area is 584 Å². The third-order valence-electron chi connectivity index (χ3n) is 16.4. The molecule has 9 aromatic rings. The molecule has 0 amide bonds. The van der Waals surface area contributed by atoms with Gasteiger partial charge in [0, 0.05) is 12.1 Å². The SMILES string of the molecule is Cc1cc(C)c(-c2cc(NCC(C)(C)C)nc(-c3c(C)cc(C)cc3C)c2)c(C)c1.Cc1cc(C)c(-c2cc([N-]CC(C)(C)C)nc(-c3c(C)cc(C)cc3C)c2)c(C)c1.Cc1cc(C)c(-c2cc([N-]CC(C)(C)C)nc(-c3c(C)cc(C)cc3C)c2)c(C)c1.[CH3-].[CH3-].[Hf+4]. The van der Waals surface area contributed by atoms with Gasteiger partial charge >= 0.3 is 25.8 Å². The van der Waals surface area contributed by atoms with Gasteiger partial charge < -0.3 is 40.8 Å². The summed E-state index contributed by atoms with van der Waals surface area (Å²) in [6, 6.07) is 40.3. The molecule has 93 heavy (non-hydrogen) atoms. The van der Waals surface area contributed by atoms with E-state index in [1.807, 2.05) is 0 Å². The second-order valence-electron chi connectivity index (χ2n) is 30.1. The van der Waals surface area contributed by atoms with Crippen LogP contribution in [-0.2, 0) is 25.8 Å². The fraction of sp³-hybridized carbons (Fsp3) is 0.384. The number of pyridine rings is 3. The Morgan fingerprint density at radius 2 is 0.495 bits per heavy atom. The van der Waals surface area contributed by atoms with E-state index in [2.05, 4.69) is 301 Å². The first-order valence-electron chi connectivity index (χ1n) is 32.5. The van der Waals surface area contributed by atoms with Crippen molar-refractivity contribution in [2.24, 2.45) is 16.2 Å². The molecule has 9 rings (SSSR count). The molecule has 490 valence electrons. The molecule has 0 saturated carbocycles. The predicted molar refractivity (Wildman–Crippen MR) is 406 cm³/mol.